The summed E-state index contributed by atoms with van der Waals surface area (Å²) < 4.78 is 18.0. The van der Waals surface area contributed by atoms with Crippen LogP contribution in [0, 0.1) is 0 Å². The average molecular weight is 387 g/mol. The van der Waals surface area contributed by atoms with Crippen molar-refractivity contribution in [1.29, 1.82) is 0 Å². The van der Waals surface area contributed by atoms with Crippen LogP contribution in [0.2, 0.25) is 0 Å². The lowest BCUT2D eigenvalue weighted by molar-refractivity contribution is 0.00578. The van der Waals surface area contributed by atoms with Gasteiger partial charge in [0.2, 0.25) is 0 Å². The highest BCUT2D eigenvalue weighted by atomic mass is 16.7. The fourth-order valence-electron chi connectivity index (χ4n) is 3.68. The van der Waals surface area contributed by atoms with E-state index in [1.807, 2.05) is 25.7 Å². The van der Waals surface area contributed by atoms with E-state index in [2.05, 4.69) is 52.0 Å². The van der Waals surface area contributed by atoms with E-state index in [-0.39, 0.29) is 24.4 Å². The standard InChI is InChI=1S/C22H34BNO4/c1-20(2,3)26-19(25)24-13-9-11-17(15-24)16-10-8-12-18(14-16)23-27-21(4,5)22(6,7)28-23/h8,10,12,14,17H,9,11,13,15H2,1-7H3. The van der Waals surface area contributed by atoms with Crippen LogP contribution in [0.4, 0.5) is 4.79 Å². The zero-order chi connectivity index (χ0) is 20.7. The molecule has 0 aromatic heterocycles. The number of rotatable bonds is 2. The van der Waals surface area contributed by atoms with Crippen LogP contribution < -0.4 is 5.46 Å². The lowest BCUT2D eigenvalue weighted by atomic mass is 9.76. The van der Waals surface area contributed by atoms with Crippen molar-refractivity contribution >= 4 is 18.7 Å². The predicted molar refractivity (Wildman–Crippen MR) is 112 cm³/mol. The van der Waals surface area contributed by atoms with Crippen LogP contribution >= 0.6 is 0 Å². The summed E-state index contributed by atoms with van der Waals surface area (Å²) in [5.74, 6) is 0.295. The first-order valence-corrected chi connectivity index (χ1v) is 10.3. The third-order valence-electron chi connectivity index (χ3n) is 5.98. The van der Waals surface area contributed by atoms with Crippen LogP contribution in [0.25, 0.3) is 0 Å². The highest BCUT2D eigenvalue weighted by molar-refractivity contribution is 6.62. The van der Waals surface area contributed by atoms with Crippen LogP contribution in [0.5, 0.6) is 0 Å². The molecule has 1 unspecified atom stereocenters. The number of hydrogen-bond donors (Lipinski definition) is 0. The molecule has 0 radical (unpaired) electrons. The molecule has 1 amide bonds. The Kier molecular flexibility index (Phi) is 5.58. The molecule has 2 fully saturated rings. The highest BCUT2D eigenvalue weighted by Crippen LogP contribution is 2.37. The number of piperidine rings is 1. The summed E-state index contributed by atoms with van der Waals surface area (Å²) >= 11 is 0. The van der Waals surface area contributed by atoms with Gasteiger partial charge in [-0.3, -0.25) is 0 Å². The van der Waals surface area contributed by atoms with E-state index in [0.29, 0.717) is 12.5 Å². The zero-order valence-corrected chi connectivity index (χ0v) is 18.4. The Balaban J connectivity index is 1.73. The van der Waals surface area contributed by atoms with Gasteiger partial charge in [-0.15, -0.1) is 0 Å². The van der Waals surface area contributed by atoms with Gasteiger partial charge in [-0.2, -0.15) is 0 Å². The Morgan fingerprint density at radius 1 is 1.18 bits per heavy atom. The summed E-state index contributed by atoms with van der Waals surface area (Å²) in [5, 5.41) is 0. The molecule has 154 valence electrons. The third kappa shape index (κ3) is 4.55. The highest BCUT2D eigenvalue weighted by Gasteiger charge is 2.51. The maximum absolute atomic E-state index is 12.5. The topological polar surface area (TPSA) is 48.0 Å². The first kappa shape index (κ1) is 21.2. The summed E-state index contributed by atoms with van der Waals surface area (Å²) in [5.41, 5.74) is 1.07. The fraction of sp³-hybridized carbons (Fsp3) is 0.682. The minimum Gasteiger partial charge on any atom is -0.444 e. The second-order valence-electron chi connectivity index (χ2n) is 10.0. The summed E-state index contributed by atoms with van der Waals surface area (Å²) in [6, 6.07) is 8.42. The van der Waals surface area contributed by atoms with Crippen molar-refractivity contribution < 1.29 is 18.8 Å². The first-order valence-electron chi connectivity index (χ1n) is 10.3. The number of hydrogen-bond acceptors (Lipinski definition) is 4. The van der Waals surface area contributed by atoms with Gasteiger partial charge >= 0.3 is 13.2 Å². The van der Waals surface area contributed by atoms with E-state index in [9.17, 15) is 4.79 Å². The predicted octanol–water partition coefficient (Wildman–Crippen LogP) is 4.10. The number of carbonyl (C=O) groups excluding carboxylic acids is 1. The largest absolute Gasteiger partial charge is 0.494 e. The fourth-order valence-corrected chi connectivity index (χ4v) is 3.68. The number of nitrogens with zero attached hydrogens (tertiary/aromatic N) is 1. The molecule has 2 aliphatic rings. The molecule has 28 heavy (non-hydrogen) atoms. The quantitative estimate of drug-likeness (QED) is 0.717. The van der Waals surface area contributed by atoms with E-state index in [1.54, 1.807) is 0 Å². The second-order valence-corrected chi connectivity index (χ2v) is 10.0. The molecule has 3 rings (SSSR count). The van der Waals surface area contributed by atoms with Gasteiger partial charge in [0, 0.05) is 19.0 Å². The Labute approximate surface area is 169 Å². The van der Waals surface area contributed by atoms with E-state index >= 15 is 0 Å². The molecule has 6 heteroatoms. The van der Waals surface area contributed by atoms with Crippen LogP contribution in [0.15, 0.2) is 24.3 Å². The monoisotopic (exact) mass is 387 g/mol. The van der Waals surface area contributed by atoms with Gasteiger partial charge in [0.25, 0.3) is 0 Å². The normalized spacial score (nSPS) is 24.3. The van der Waals surface area contributed by atoms with Crippen molar-refractivity contribution in [2.24, 2.45) is 0 Å². The molecule has 2 aliphatic heterocycles. The molecule has 1 aromatic carbocycles. The molecule has 0 N–H and O–H groups in total. The number of amides is 1. The molecule has 1 atom stereocenters. The Morgan fingerprint density at radius 3 is 2.43 bits per heavy atom. The van der Waals surface area contributed by atoms with Gasteiger partial charge in [-0.1, -0.05) is 24.3 Å². The molecule has 5 nitrogen and oxygen atoms in total. The molecule has 0 saturated carbocycles. The van der Waals surface area contributed by atoms with E-state index < -0.39 is 5.60 Å². The lowest BCUT2D eigenvalue weighted by Crippen LogP contribution is -2.42. The Bertz CT molecular complexity index is 709. The Hall–Kier alpha value is -1.53. The van der Waals surface area contributed by atoms with Crippen molar-refractivity contribution in [3.63, 3.8) is 0 Å². The minimum absolute atomic E-state index is 0.223. The molecule has 0 spiro atoms. The summed E-state index contributed by atoms with van der Waals surface area (Å²) in [6.07, 6.45) is 1.82. The van der Waals surface area contributed by atoms with Crippen LogP contribution in [0.1, 0.15) is 72.8 Å². The van der Waals surface area contributed by atoms with Crippen molar-refractivity contribution in [2.75, 3.05) is 13.1 Å². The van der Waals surface area contributed by atoms with Gasteiger partial charge in [0.15, 0.2) is 0 Å². The van der Waals surface area contributed by atoms with E-state index in [0.717, 1.165) is 24.8 Å². The maximum Gasteiger partial charge on any atom is 0.494 e. The average Bonchev–Trinajstić information content (AvgIpc) is 2.81. The molecular formula is C22H34BNO4. The lowest BCUT2D eigenvalue weighted by Gasteiger charge is -2.34. The minimum atomic E-state index is -0.472. The van der Waals surface area contributed by atoms with Gasteiger partial charge in [-0.25, -0.2) is 4.79 Å². The zero-order valence-electron chi connectivity index (χ0n) is 18.4. The van der Waals surface area contributed by atoms with Crippen molar-refractivity contribution in [3.05, 3.63) is 29.8 Å². The molecule has 0 aliphatic carbocycles. The van der Waals surface area contributed by atoms with E-state index in [4.69, 9.17) is 14.0 Å². The van der Waals surface area contributed by atoms with Gasteiger partial charge in [0.1, 0.15) is 5.60 Å². The van der Waals surface area contributed by atoms with Crippen molar-refractivity contribution in [1.82, 2.24) is 4.90 Å². The molecule has 0 bridgehead atoms. The summed E-state index contributed by atoms with van der Waals surface area (Å²) in [4.78, 5) is 14.3. The molecule has 1 aromatic rings. The van der Waals surface area contributed by atoms with E-state index in [1.165, 1.54) is 5.56 Å². The number of likely N-dealkylation sites (tertiary alicyclic amines) is 1. The number of carbonyl (C=O) groups is 1. The maximum atomic E-state index is 12.5. The first-order chi connectivity index (χ1) is 12.9. The number of benzene rings is 1. The molecule has 2 saturated heterocycles. The van der Waals surface area contributed by atoms with Gasteiger partial charge in [0.05, 0.1) is 11.2 Å². The molecule has 2 heterocycles. The van der Waals surface area contributed by atoms with Crippen LogP contribution in [-0.4, -0.2) is 48.0 Å². The van der Waals surface area contributed by atoms with Gasteiger partial charge in [-0.05, 0) is 72.3 Å². The van der Waals surface area contributed by atoms with Gasteiger partial charge < -0.3 is 18.9 Å². The third-order valence-corrected chi connectivity index (χ3v) is 5.98. The smallest absolute Gasteiger partial charge is 0.444 e. The Morgan fingerprint density at radius 2 is 1.82 bits per heavy atom. The van der Waals surface area contributed by atoms with Crippen molar-refractivity contribution in [3.8, 4) is 0 Å². The number of ether oxygens (including phenoxy) is 1. The van der Waals surface area contributed by atoms with Crippen molar-refractivity contribution in [2.45, 2.75) is 84.0 Å². The SMILES string of the molecule is CC(C)(C)OC(=O)N1CCCC(c2cccc(B3OC(C)(C)C(C)(C)O3)c2)C1. The summed E-state index contributed by atoms with van der Waals surface area (Å²) in [7, 11) is -0.365. The van der Waals surface area contributed by atoms with Crippen LogP contribution in [-0.2, 0) is 14.0 Å². The summed E-state index contributed by atoms with van der Waals surface area (Å²) in [6.45, 7) is 15.4. The molecular weight excluding hydrogens is 353 g/mol. The van der Waals surface area contributed by atoms with Crippen LogP contribution in [0.3, 0.4) is 0 Å². The second kappa shape index (κ2) is 7.38.